The fourth-order valence-electron chi connectivity index (χ4n) is 2.88. The lowest BCUT2D eigenvalue weighted by atomic mass is 9.98. The molecule has 4 rings (SSSR count). The van der Waals surface area contributed by atoms with Crippen LogP contribution in [0.4, 0.5) is 0 Å². The molecule has 21 heavy (non-hydrogen) atoms. The second kappa shape index (κ2) is 5.02. The zero-order valence-electron chi connectivity index (χ0n) is 11.2. The first-order valence-electron chi connectivity index (χ1n) is 6.83. The molecular formula is C17H13ClO2S. The lowest BCUT2D eigenvalue weighted by Crippen LogP contribution is -2.01. The number of ether oxygens (including phenoxy) is 1. The first kappa shape index (κ1) is 13.1. The van der Waals surface area contributed by atoms with Gasteiger partial charge in [0.05, 0.1) is 6.61 Å². The Morgan fingerprint density at radius 3 is 2.95 bits per heavy atom. The number of rotatable bonds is 2. The average molecular weight is 317 g/mol. The SMILES string of the molecule is OC(c1cc(Cl)cc2c1OCC2)c1csc2ccccc12. The van der Waals surface area contributed by atoms with Crippen molar-refractivity contribution in [3.05, 3.63) is 63.5 Å². The van der Waals surface area contributed by atoms with Crippen molar-refractivity contribution in [3.8, 4) is 5.75 Å². The van der Waals surface area contributed by atoms with Crippen molar-refractivity contribution in [1.82, 2.24) is 0 Å². The van der Waals surface area contributed by atoms with Crippen LogP contribution in [0, 0.1) is 0 Å². The summed E-state index contributed by atoms with van der Waals surface area (Å²) >= 11 is 7.83. The Balaban J connectivity index is 1.87. The van der Waals surface area contributed by atoms with Crippen LogP contribution < -0.4 is 4.74 Å². The lowest BCUT2D eigenvalue weighted by molar-refractivity contribution is 0.215. The Bertz CT molecular complexity index is 825. The number of aliphatic hydroxyl groups excluding tert-OH is 1. The highest BCUT2D eigenvalue weighted by Gasteiger charge is 2.24. The van der Waals surface area contributed by atoms with Crippen LogP contribution in [-0.2, 0) is 6.42 Å². The quantitative estimate of drug-likeness (QED) is 0.750. The van der Waals surface area contributed by atoms with E-state index in [9.17, 15) is 5.11 Å². The van der Waals surface area contributed by atoms with Gasteiger partial charge in [-0.2, -0.15) is 0 Å². The van der Waals surface area contributed by atoms with Crippen molar-refractivity contribution < 1.29 is 9.84 Å². The lowest BCUT2D eigenvalue weighted by Gasteiger charge is -2.15. The summed E-state index contributed by atoms with van der Waals surface area (Å²) in [6, 6.07) is 11.8. The molecule has 0 bridgehead atoms. The van der Waals surface area contributed by atoms with E-state index in [0.29, 0.717) is 11.6 Å². The number of hydrogen-bond acceptors (Lipinski definition) is 3. The minimum absolute atomic E-state index is 0.646. The van der Waals surface area contributed by atoms with Crippen LogP contribution in [0.1, 0.15) is 22.8 Å². The average Bonchev–Trinajstić information content (AvgIpc) is 3.11. The van der Waals surface area contributed by atoms with E-state index in [1.165, 1.54) is 4.70 Å². The third kappa shape index (κ3) is 2.13. The molecule has 3 aromatic rings. The highest BCUT2D eigenvalue weighted by molar-refractivity contribution is 7.17. The molecule has 1 aliphatic rings. The van der Waals surface area contributed by atoms with Crippen molar-refractivity contribution in [2.24, 2.45) is 0 Å². The molecule has 1 aromatic heterocycles. The van der Waals surface area contributed by atoms with Gasteiger partial charge in [-0.1, -0.05) is 29.8 Å². The van der Waals surface area contributed by atoms with Gasteiger partial charge in [0.2, 0.25) is 0 Å². The third-order valence-corrected chi connectivity index (χ3v) is 5.08. The number of benzene rings is 2. The van der Waals surface area contributed by atoms with Gasteiger partial charge in [-0.3, -0.25) is 0 Å². The van der Waals surface area contributed by atoms with Crippen molar-refractivity contribution in [2.75, 3.05) is 6.61 Å². The monoisotopic (exact) mass is 316 g/mol. The first-order chi connectivity index (χ1) is 10.2. The van der Waals surface area contributed by atoms with Crippen molar-refractivity contribution in [1.29, 1.82) is 0 Å². The fraction of sp³-hybridized carbons (Fsp3) is 0.176. The zero-order valence-corrected chi connectivity index (χ0v) is 12.7. The van der Waals surface area contributed by atoms with Gasteiger partial charge in [0.15, 0.2) is 0 Å². The second-order valence-electron chi connectivity index (χ2n) is 5.17. The Labute approximate surface area is 131 Å². The number of fused-ring (bicyclic) bond motifs is 2. The van der Waals surface area contributed by atoms with Gasteiger partial charge in [0, 0.05) is 27.3 Å². The second-order valence-corrected chi connectivity index (χ2v) is 6.52. The van der Waals surface area contributed by atoms with Gasteiger partial charge in [-0.05, 0) is 34.5 Å². The highest BCUT2D eigenvalue weighted by Crippen LogP contribution is 2.41. The van der Waals surface area contributed by atoms with Crippen LogP contribution in [0.25, 0.3) is 10.1 Å². The van der Waals surface area contributed by atoms with Gasteiger partial charge >= 0.3 is 0 Å². The summed E-state index contributed by atoms with van der Waals surface area (Å²) in [7, 11) is 0. The van der Waals surface area contributed by atoms with Crippen molar-refractivity contribution >= 4 is 33.0 Å². The molecule has 1 aliphatic heterocycles. The molecule has 1 atom stereocenters. The molecule has 2 aromatic carbocycles. The predicted molar refractivity (Wildman–Crippen MR) is 86.5 cm³/mol. The molecule has 0 saturated carbocycles. The van der Waals surface area contributed by atoms with Gasteiger partial charge < -0.3 is 9.84 Å². The standard InChI is InChI=1S/C17H13ClO2S/c18-11-7-10-5-6-20-17(10)13(8-11)16(19)14-9-21-15-4-2-1-3-12(14)15/h1-4,7-9,16,19H,5-6H2. The van der Waals surface area contributed by atoms with E-state index in [2.05, 4.69) is 6.07 Å². The van der Waals surface area contributed by atoms with Crippen LogP contribution in [0.15, 0.2) is 41.8 Å². The van der Waals surface area contributed by atoms with Crippen LogP contribution in [0.2, 0.25) is 5.02 Å². The van der Waals surface area contributed by atoms with Crippen LogP contribution in [0.5, 0.6) is 5.75 Å². The molecule has 1 N–H and O–H groups in total. The number of thiophene rings is 1. The molecule has 0 radical (unpaired) electrons. The van der Waals surface area contributed by atoms with Crippen LogP contribution >= 0.6 is 22.9 Å². The molecule has 2 heterocycles. The van der Waals surface area contributed by atoms with E-state index in [0.717, 1.165) is 34.2 Å². The summed E-state index contributed by atoms with van der Waals surface area (Å²) in [5, 5.41) is 14.6. The Morgan fingerprint density at radius 1 is 1.19 bits per heavy atom. The van der Waals surface area contributed by atoms with E-state index in [4.69, 9.17) is 16.3 Å². The molecule has 2 nitrogen and oxygen atoms in total. The first-order valence-corrected chi connectivity index (χ1v) is 8.09. The van der Waals surface area contributed by atoms with E-state index >= 15 is 0 Å². The normalized spacial score (nSPS) is 15.0. The number of hydrogen-bond donors (Lipinski definition) is 1. The fourth-order valence-corrected chi connectivity index (χ4v) is 4.11. The van der Waals surface area contributed by atoms with Gasteiger partial charge in [0.25, 0.3) is 0 Å². The van der Waals surface area contributed by atoms with E-state index in [-0.39, 0.29) is 0 Å². The minimum Gasteiger partial charge on any atom is -0.493 e. The van der Waals surface area contributed by atoms with Crippen molar-refractivity contribution in [2.45, 2.75) is 12.5 Å². The highest BCUT2D eigenvalue weighted by atomic mass is 35.5. The topological polar surface area (TPSA) is 29.5 Å². The summed E-state index contributed by atoms with van der Waals surface area (Å²) in [4.78, 5) is 0. The summed E-state index contributed by atoms with van der Waals surface area (Å²) in [5.41, 5.74) is 2.75. The summed E-state index contributed by atoms with van der Waals surface area (Å²) in [5.74, 6) is 0.794. The Morgan fingerprint density at radius 2 is 2.05 bits per heavy atom. The van der Waals surface area contributed by atoms with E-state index in [1.54, 1.807) is 11.3 Å². The van der Waals surface area contributed by atoms with Crippen molar-refractivity contribution in [3.63, 3.8) is 0 Å². The van der Waals surface area contributed by atoms with Gasteiger partial charge in [0.1, 0.15) is 11.9 Å². The number of halogens is 1. The number of aliphatic hydroxyl groups is 1. The molecule has 4 heteroatoms. The Hall–Kier alpha value is -1.55. The van der Waals surface area contributed by atoms with Gasteiger partial charge in [-0.25, -0.2) is 0 Å². The molecule has 0 aliphatic carbocycles. The minimum atomic E-state index is -0.716. The smallest absolute Gasteiger partial charge is 0.128 e. The third-order valence-electron chi connectivity index (χ3n) is 3.88. The molecule has 0 amide bonds. The van der Waals surface area contributed by atoms with E-state index < -0.39 is 6.10 Å². The van der Waals surface area contributed by atoms with Crippen LogP contribution in [0.3, 0.4) is 0 Å². The van der Waals surface area contributed by atoms with Crippen LogP contribution in [-0.4, -0.2) is 11.7 Å². The zero-order chi connectivity index (χ0) is 14.4. The largest absolute Gasteiger partial charge is 0.493 e. The molecule has 0 spiro atoms. The molecule has 1 unspecified atom stereocenters. The maximum absolute atomic E-state index is 10.8. The van der Waals surface area contributed by atoms with Gasteiger partial charge in [-0.15, -0.1) is 11.3 Å². The molecule has 0 fully saturated rings. The molecule has 106 valence electrons. The predicted octanol–water partition coefficient (Wildman–Crippen LogP) is 4.57. The Kier molecular flexibility index (Phi) is 3.14. The summed E-state index contributed by atoms with van der Waals surface area (Å²) in [6.45, 7) is 0.653. The van der Waals surface area contributed by atoms with E-state index in [1.807, 2.05) is 35.7 Å². The maximum Gasteiger partial charge on any atom is 0.128 e. The maximum atomic E-state index is 10.8. The summed E-state index contributed by atoms with van der Waals surface area (Å²) in [6.07, 6.45) is 0.131. The molecular weight excluding hydrogens is 304 g/mol. The molecule has 0 saturated heterocycles. The summed E-state index contributed by atoms with van der Waals surface area (Å²) < 4.78 is 6.87.